The topological polar surface area (TPSA) is 47.6 Å². The number of amides is 1. The Balaban J connectivity index is 1.84. The van der Waals surface area contributed by atoms with Crippen molar-refractivity contribution in [3.63, 3.8) is 0 Å². The number of ether oxygens (including phenoxy) is 2. The SMILES string of the molecule is CCOc1cccc(CNC(=O)COc2ccc(C(C)C)cc2Br)c1. The standard InChI is InChI=1S/C20H24BrNO3/c1-4-24-17-7-5-6-15(10-17)12-22-20(23)13-25-19-9-8-16(14(2)3)11-18(19)21/h5-11,14H,4,12-13H2,1-3H3,(H,22,23). The maximum atomic E-state index is 12.0. The summed E-state index contributed by atoms with van der Waals surface area (Å²) in [6.07, 6.45) is 0. The van der Waals surface area contributed by atoms with E-state index in [1.54, 1.807) is 0 Å². The van der Waals surface area contributed by atoms with Crippen molar-refractivity contribution < 1.29 is 14.3 Å². The average Bonchev–Trinajstić information content (AvgIpc) is 2.59. The second-order valence-electron chi connectivity index (χ2n) is 5.99. The molecule has 0 aliphatic rings. The van der Waals surface area contributed by atoms with Crippen LogP contribution in [0.1, 0.15) is 37.8 Å². The number of rotatable bonds is 8. The molecule has 1 N–H and O–H groups in total. The summed E-state index contributed by atoms with van der Waals surface area (Å²) in [5, 5.41) is 2.85. The molecule has 0 radical (unpaired) electrons. The number of hydrogen-bond donors (Lipinski definition) is 1. The zero-order chi connectivity index (χ0) is 18.2. The molecule has 0 saturated carbocycles. The van der Waals surface area contributed by atoms with Gasteiger partial charge in [-0.05, 0) is 64.2 Å². The van der Waals surface area contributed by atoms with Gasteiger partial charge < -0.3 is 14.8 Å². The lowest BCUT2D eigenvalue weighted by Crippen LogP contribution is -2.28. The molecule has 0 spiro atoms. The predicted molar refractivity (Wildman–Crippen MR) is 103 cm³/mol. The van der Waals surface area contributed by atoms with Crippen LogP contribution in [-0.4, -0.2) is 19.1 Å². The number of benzene rings is 2. The Morgan fingerprint density at radius 1 is 1.16 bits per heavy atom. The molecule has 0 aliphatic heterocycles. The molecule has 0 bridgehead atoms. The third-order valence-electron chi connectivity index (χ3n) is 3.68. The highest BCUT2D eigenvalue weighted by atomic mass is 79.9. The maximum absolute atomic E-state index is 12.0. The fourth-order valence-corrected chi connectivity index (χ4v) is 2.81. The van der Waals surface area contributed by atoms with Gasteiger partial charge in [0, 0.05) is 6.54 Å². The highest BCUT2D eigenvalue weighted by Gasteiger charge is 2.08. The largest absolute Gasteiger partial charge is 0.494 e. The third-order valence-corrected chi connectivity index (χ3v) is 4.30. The lowest BCUT2D eigenvalue weighted by atomic mass is 10.0. The molecule has 0 atom stereocenters. The number of carbonyl (C=O) groups is 1. The smallest absolute Gasteiger partial charge is 0.258 e. The minimum absolute atomic E-state index is 0.0230. The fraction of sp³-hybridized carbons (Fsp3) is 0.350. The van der Waals surface area contributed by atoms with Crippen molar-refractivity contribution in [1.82, 2.24) is 5.32 Å². The molecule has 25 heavy (non-hydrogen) atoms. The summed E-state index contributed by atoms with van der Waals surface area (Å²) in [5.74, 6) is 1.75. The minimum atomic E-state index is -0.165. The van der Waals surface area contributed by atoms with Gasteiger partial charge in [0.2, 0.25) is 0 Å². The van der Waals surface area contributed by atoms with Crippen LogP contribution in [0.15, 0.2) is 46.9 Å². The summed E-state index contributed by atoms with van der Waals surface area (Å²) in [5.41, 5.74) is 2.21. The zero-order valence-electron chi connectivity index (χ0n) is 14.8. The molecule has 2 rings (SSSR count). The highest BCUT2D eigenvalue weighted by Crippen LogP contribution is 2.28. The molecule has 0 heterocycles. The van der Waals surface area contributed by atoms with Gasteiger partial charge in [-0.3, -0.25) is 4.79 Å². The van der Waals surface area contributed by atoms with Crippen LogP contribution in [0, 0.1) is 0 Å². The predicted octanol–water partition coefficient (Wildman–Crippen LogP) is 4.67. The van der Waals surface area contributed by atoms with E-state index in [1.807, 2.05) is 49.4 Å². The minimum Gasteiger partial charge on any atom is -0.494 e. The van der Waals surface area contributed by atoms with Gasteiger partial charge in [-0.15, -0.1) is 0 Å². The molecule has 2 aromatic rings. The second-order valence-corrected chi connectivity index (χ2v) is 6.84. The van der Waals surface area contributed by atoms with Gasteiger partial charge in [-0.2, -0.15) is 0 Å². The summed E-state index contributed by atoms with van der Waals surface area (Å²) >= 11 is 3.49. The Morgan fingerprint density at radius 2 is 1.96 bits per heavy atom. The van der Waals surface area contributed by atoms with E-state index in [1.165, 1.54) is 5.56 Å². The summed E-state index contributed by atoms with van der Waals surface area (Å²) in [6.45, 7) is 7.25. The van der Waals surface area contributed by atoms with E-state index in [4.69, 9.17) is 9.47 Å². The van der Waals surface area contributed by atoms with Gasteiger partial charge in [0.05, 0.1) is 11.1 Å². The van der Waals surface area contributed by atoms with Crippen molar-refractivity contribution >= 4 is 21.8 Å². The number of hydrogen-bond acceptors (Lipinski definition) is 3. The van der Waals surface area contributed by atoms with E-state index in [0.29, 0.717) is 24.8 Å². The zero-order valence-corrected chi connectivity index (χ0v) is 16.4. The molecular weight excluding hydrogens is 382 g/mol. The van der Waals surface area contributed by atoms with Gasteiger partial charge in [0.1, 0.15) is 11.5 Å². The van der Waals surface area contributed by atoms with Gasteiger partial charge in [-0.25, -0.2) is 0 Å². The maximum Gasteiger partial charge on any atom is 0.258 e. The molecule has 0 unspecified atom stereocenters. The monoisotopic (exact) mass is 405 g/mol. The van der Waals surface area contributed by atoms with Crippen LogP contribution in [0.2, 0.25) is 0 Å². The molecule has 0 saturated heterocycles. The van der Waals surface area contributed by atoms with E-state index in [2.05, 4.69) is 35.1 Å². The number of nitrogens with one attached hydrogen (secondary N) is 1. The lowest BCUT2D eigenvalue weighted by Gasteiger charge is -2.12. The van der Waals surface area contributed by atoms with E-state index in [0.717, 1.165) is 15.8 Å². The summed E-state index contributed by atoms with van der Waals surface area (Å²) < 4.78 is 11.9. The van der Waals surface area contributed by atoms with Crippen LogP contribution in [0.4, 0.5) is 0 Å². The first-order chi connectivity index (χ1) is 12.0. The Bertz CT molecular complexity index is 716. The van der Waals surface area contributed by atoms with E-state index in [9.17, 15) is 4.79 Å². The van der Waals surface area contributed by atoms with E-state index < -0.39 is 0 Å². The van der Waals surface area contributed by atoms with Crippen LogP contribution in [0.25, 0.3) is 0 Å². The molecular formula is C20H24BrNO3. The first-order valence-corrected chi connectivity index (χ1v) is 9.19. The molecule has 0 fully saturated rings. The van der Waals surface area contributed by atoms with Gasteiger partial charge in [0.15, 0.2) is 6.61 Å². The van der Waals surface area contributed by atoms with Crippen molar-refractivity contribution in [2.45, 2.75) is 33.2 Å². The van der Waals surface area contributed by atoms with Gasteiger partial charge in [0.25, 0.3) is 5.91 Å². The average molecular weight is 406 g/mol. The van der Waals surface area contributed by atoms with Crippen LogP contribution < -0.4 is 14.8 Å². The Morgan fingerprint density at radius 3 is 2.64 bits per heavy atom. The quantitative estimate of drug-likeness (QED) is 0.693. The summed E-state index contributed by atoms with van der Waals surface area (Å²) in [4.78, 5) is 12.0. The molecule has 0 aromatic heterocycles. The normalized spacial score (nSPS) is 10.6. The van der Waals surface area contributed by atoms with Gasteiger partial charge in [-0.1, -0.05) is 32.0 Å². The van der Waals surface area contributed by atoms with Crippen LogP contribution in [0.3, 0.4) is 0 Å². The van der Waals surface area contributed by atoms with Crippen molar-refractivity contribution in [3.05, 3.63) is 58.1 Å². The molecule has 1 amide bonds. The molecule has 134 valence electrons. The fourth-order valence-electron chi connectivity index (χ4n) is 2.30. The Kier molecular flexibility index (Phi) is 7.31. The van der Waals surface area contributed by atoms with Crippen molar-refractivity contribution in [2.75, 3.05) is 13.2 Å². The first kappa shape index (κ1) is 19.3. The van der Waals surface area contributed by atoms with Crippen molar-refractivity contribution in [1.29, 1.82) is 0 Å². The van der Waals surface area contributed by atoms with Crippen LogP contribution >= 0.6 is 15.9 Å². The van der Waals surface area contributed by atoms with E-state index in [-0.39, 0.29) is 12.5 Å². The highest BCUT2D eigenvalue weighted by molar-refractivity contribution is 9.10. The lowest BCUT2D eigenvalue weighted by molar-refractivity contribution is -0.123. The Labute approximate surface area is 157 Å². The second kappa shape index (κ2) is 9.47. The Hall–Kier alpha value is -2.01. The van der Waals surface area contributed by atoms with Crippen molar-refractivity contribution in [2.24, 2.45) is 0 Å². The summed E-state index contributed by atoms with van der Waals surface area (Å²) in [6, 6.07) is 13.6. The molecule has 4 nitrogen and oxygen atoms in total. The number of halogens is 1. The molecule has 5 heteroatoms. The number of carbonyl (C=O) groups excluding carboxylic acids is 1. The van der Waals surface area contributed by atoms with Crippen LogP contribution in [-0.2, 0) is 11.3 Å². The van der Waals surface area contributed by atoms with E-state index >= 15 is 0 Å². The summed E-state index contributed by atoms with van der Waals surface area (Å²) in [7, 11) is 0. The third kappa shape index (κ3) is 6.09. The van der Waals surface area contributed by atoms with Crippen LogP contribution in [0.5, 0.6) is 11.5 Å². The molecule has 0 aliphatic carbocycles. The van der Waals surface area contributed by atoms with Crippen molar-refractivity contribution in [3.8, 4) is 11.5 Å². The first-order valence-electron chi connectivity index (χ1n) is 8.40. The molecule has 2 aromatic carbocycles. The van der Waals surface area contributed by atoms with Gasteiger partial charge >= 0.3 is 0 Å².